The van der Waals surface area contributed by atoms with Crippen molar-refractivity contribution in [3.8, 4) is 5.75 Å². The Balaban J connectivity index is 2.02. The van der Waals surface area contributed by atoms with Gasteiger partial charge in [0.15, 0.2) is 0 Å². The van der Waals surface area contributed by atoms with Crippen LogP contribution in [0.1, 0.15) is 5.56 Å². The van der Waals surface area contributed by atoms with Crippen LogP contribution in [0.3, 0.4) is 0 Å². The Morgan fingerprint density at radius 2 is 2.44 bits per heavy atom. The van der Waals surface area contributed by atoms with Gasteiger partial charge in [-0.3, -0.25) is 0 Å². The van der Waals surface area contributed by atoms with E-state index in [1.54, 1.807) is 24.4 Å². The maximum atomic E-state index is 9.54. The molecule has 84 valence electrons. The molecule has 0 saturated heterocycles. The van der Waals surface area contributed by atoms with Gasteiger partial charge in [-0.1, -0.05) is 15.9 Å². The van der Waals surface area contributed by atoms with Gasteiger partial charge in [-0.05, 0) is 18.2 Å². The number of hydrogen-bond acceptors (Lipinski definition) is 5. The summed E-state index contributed by atoms with van der Waals surface area (Å²) in [6, 6.07) is 5.16. The minimum atomic E-state index is 0.190. The van der Waals surface area contributed by atoms with Crippen molar-refractivity contribution >= 4 is 28.1 Å². The van der Waals surface area contributed by atoms with Crippen LogP contribution in [-0.2, 0) is 0 Å². The van der Waals surface area contributed by atoms with Gasteiger partial charge in [-0.15, -0.1) is 0 Å². The lowest BCUT2D eigenvalue weighted by Gasteiger charge is -2.01. The van der Waals surface area contributed by atoms with E-state index in [-0.39, 0.29) is 5.75 Å². The number of aliphatic imine (C=N–C) groups is 1. The summed E-state index contributed by atoms with van der Waals surface area (Å²) in [6.07, 6.45) is 1.54. The smallest absolute Gasteiger partial charge is 0.212 e. The molecule has 0 spiro atoms. The summed E-state index contributed by atoms with van der Waals surface area (Å²) in [7, 11) is 0. The summed E-state index contributed by atoms with van der Waals surface area (Å²) in [5, 5.41) is 16.5. The highest BCUT2D eigenvalue weighted by molar-refractivity contribution is 9.10. The van der Waals surface area contributed by atoms with E-state index >= 15 is 0 Å². The average Bonchev–Trinajstić information content (AvgIpc) is 2.76. The van der Waals surface area contributed by atoms with E-state index in [0.717, 1.165) is 17.6 Å². The molecule has 0 aromatic heterocycles. The third kappa shape index (κ3) is 2.73. The molecule has 0 bridgehead atoms. The van der Waals surface area contributed by atoms with Crippen LogP contribution in [0.2, 0.25) is 0 Å². The molecule has 0 fully saturated rings. The van der Waals surface area contributed by atoms with Crippen molar-refractivity contribution < 1.29 is 5.11 Å². The average molecular weight is 283 g/mol. The lowest BCUT2D eigenvalue weighted by Crippen LogP contribution is -2.30. The topological polar surface area (TPSA) is 69.0 Å². The lowest BCUT2D eigenvalue weighted by atomic mass is 10.2. The second-order valence-electron chi connectivity index (χ2n) is 3.23. The summed E-state index contributed by atoms with van der Waals surface area (Å²) < 4.78 is 0.892. The second kappa shape index (κ2) is 4.98. The third-order valence-electron chi connectivity index (χ3n) is 2.04. The van der Waals surface area contributed by atoms with E-state index in [4.69, 9.17) is 0 Å². The Hall–Kier alpha value is -1.56. The zero-order valence-electron chi connectivity index (χ0n) is 8.44. The molecule has 0 saturated carbocycles. The molecule has 5 nitrogen and oxygen atoms in total. The van der Waals surface area contributed by atoms with Crippen LogP contribution in [0.5, 0.6) is 5.75 Å². The first-order valence-corrected chi connectivity index (χ1v) is 5.61. The molecule has 16 heavy (non-hydrogen) atoms. The monoisotopic (exact) mass is 282 g/mol. The number of phenols is 1. The van der Waals surface area contributed by atoms with Crippen LogP contribution in [-0.4, -0.2) is 30.4 Å². The van der Waals surface area contributed by atoms with Crippen LogP contribution in [0.15, 0.2) is 32.8 Å². The maximum absolute atomic E-state index is 9.54. The first-order valence-electron chi connectivity index (χ1n) is 4.81. The van der Waals surface area contributed by atoms with Crippen LogP contribution in [0.4, 0.5) is 0 Å². The van der Waals surface area contributed by atoms with Gasteiger partial charge in [0.05, 0.1) is 12.8 Å². The van der Waals surface area contributed by atoms with E-state index in [2.05, 4.69) is 36.8 Å². The Labute approximate surface area is 101 Å². The highest BCUT2D eigenvalue weighted by Crippen LogP contribution is 2.19. The molecule has 1 heterocycles. The second-order valence-corrected chi connectivity index (χ2v) is 4.15. The van der Waals surface area contributed by atoms with Crippen molar-refractivity contribution in [2.75, 3.05) is 13.1 Å². The van der Waals surface area contributed by atoms with E-state index in [9.17, 15) is 5.11 Å². The first-order chi connectivity index (χ1) is 7.75. The molecule has 1 aromatic rings. The Morgan fingerprint density at radius 1 is 1.56 bits per heavy atom. The molecule has 6 heteroatoms. The van der Waals surface area contributed by atoms with Gasteiger partial charge in [-0.25, -0.2) is 10.4 Å². The van der Waals surface area contributed by atoms with Gasteiger partial charge < -0.3 is 10.4 Å². The third-order valence-corrected chi connectivity index (χ3v) is 2.53. The number of nitrogens with zero attached hydrogens (tertiary/aromatic N) is 2. The highest BCUT2D eigenvalue weighted by atomic mass is 79.9. The molecule has 0 aliphatic carbocycles. The van der Waals surface area contributed by atoms with Gasteiger partial charge in [-0.2, -0.15) is 5.10 Å². The van der Waals surface area contributed by atoms with E-state index < -0.39 is 0 Å². The number of nitrogens with one attached hydrogen (secondary N) is 2. The van der Waals surface area contributed by atoms with Crippen molar-refractivity contribution in [3.63, 3.8) is 0 Å². The molecule has 0 unspecified atom stereocenters. The summed E-state index contributed by atoms with van der Waals surface area (Å²) >= 11 is 3.33. The Kier molecular flexibility index (Phi) is 3.40. The fourth-order valence-corrected chi connectivity index (χ4v) is 1.64. The quantitative estimate of drug-likeness (QED) is 0.561. The zero-order valence-corrected chi connectivity index (χ0v) is 10.0. The SMILES string of the molecule is Oc1ccc(Br)cc1C=NNC1=NCCN1. The van der Waals surface area contributed by atoms with Gasteiger partial charge in [0.25, 0.3) is 0 Å². The minimum Gasteiger partial charge on any atom is -0.507 e. The van der Waals surface area contributed by atoms with E-state index in [1.165, 1.54) is 0 Å². The van der Waals surface area contributed by atoms with Crippen LogP contribution < -0.4 is 10.7 Å². The first kappa shape index (κ1) is 10.9. The molecule has 0 amide bonds. The molecule has 1 aromatic carbocycles. The Bertz CT molecular complexity index is 444. The van der Waals surface area contributed by atoms with Crippen molar-refractivity contribution in [2.24, 2.45) is 10.1 Å². The lowest BCUT2D eigenvalue weighted by molar-refractivity contribution is 0.474. The molecule has 2 rings (SSSR count). The number of hydrazone groups is 1. The van der Waals surface area contributed by atoms with Gasteiger partial charge in [0.2, 0.25) is 5.96 Å². The predicted octanol–water partition coefficient (Wildman–Crippen LogP) is 1.04. The molecule has 3 N–H and O–H groups in total. The number of benzene rings is 1. The Morgan fingerprint density at radius 3 is 3.19 bits per heavy atom. The van der Waals surface area contributed by atoms with Crippen molar-refractivity contribution in [1.82, 2.24) is 10.7 Å². The molecular formula is C10H11BrN4O. The molecule has 0 radical (unpaired) electrons. The highest BCUT2D eigenvalue weighted by Gasteiger charge is 2.02. The molecule has 1 aliphatic heterocycles. The summed E-state index contributed by atoms with van der Waals surface area (Å²) in [4.78, 5) is 4.12. The number of rotatable bonds is 2. The van der Waals surface area contributed by atoms with Crippen LogP contribution in [0.25, 0.3) is 0 Å². The summed E-state index contributed by atoms with van der Waals surface area (Å²) in [5.41, 5.74) is 3.40. The number of phenolic OH excluding ortho intramolecular Hbond substituents is 1. The fourth-order valence-electron chi connectivity index (χ4n) is 1.26. The minimum absolute atomic E-state index is 0.190. The van der Waals surface area contributed by atoms with Gasteiger partial charge in [0, 0.05) is 16.6 Å². The predicted molar refractivity (Wildman–Crippen MR) is 66.8 cm³/mol. The zero-order chi connectivity index (χ0) is 11.4. The standard InChI is InChI=1S/C10H11BrN4O/c11-8-1-2-9(16)7(5-8)6-14-15-10-12-3-4-13-10/h1-2,5-6,16H,3-4H2,(H2,12,13,15). The number of guanidine groups is 1. The fraction of sp³-hybridized carbons (Fsp3) is 0.200. The normalized spacial score (nSPS) is 14.9. The van der Waals surface area contributed by atoms with Crippen molar-refractivity contribution in [3.05, 3.63) is 28.2 Å². The maximum Gasteiger partial charge on any atom is 0.212 e. The van der Waals surface area contributed by atoms with E-state index in [1.807, 2.05) is 0 Å². The van der Waals surface area contributed by atoms with Gasteiger partial charge in [0.1, 0.15) is 5.75 Å². The number of hydrogen-bond donors (Lipinski definition) is 3. The largest absolute Gasteiger partial charge is 0.507 e. The summed E-state index contributed by atoms with van der Waals surface area (Å²) in [5.74, 6) is 0.848. The number of halogens is 1. The molecule has 0 atom stereocenters. The molecular weight excluding hydrogens is 272 g/mol. The van der Waals surface area contributed by atoms with E-state index in [0.29, 0.717) is 11.5 Å². The number of aromatic hydroxyl groups is 1. The molecule has 1 aliphatic rings. The summed E-state index contributed by atoms with van der Waals surface area (Å²) in [6.45, 7) is 1.60. The van der Waals surface area contributed by atoms with Gasteiger partial charge >= 0.3 is 0 Å². The van der Waals surface area contributed by atoms with Crippen molar-refractivity contribution in [2.45, 2.75) is 0 Å². The van der Waals surface area contributed by atoms with Crippen LogP contribution in [0, 0.1) is 0 Å². The van der Waals surface area contributed by atoms with Crippen LogP contribution >= 0.6 is 15.9 Å². The van der Waals surface area contributed by atoms with Crippen molar-refractivity contribution in [1.29, 1.82) is 0 Å².